The van der Waals surface area contributed by atoms with E-state index < -0.39 is 26.0 Å². The Hall–Kier alpha value is -3.37. The van der Waals surface area contributed by atoms with E-state index in [2.05, 4.69) is 14.8 Å². The number of hydrogen-bond acceptors (Lipinski definition) is 5. The lowest BCUT2D eigenvalue weighted by atomic mass is 10.1. The zero-order chi connectivity index (χ0) is 23.5. The molecule has 8 nitrogen and oxygen atoms in total. The van der Waals surface area contributed by atoms with E-state index in [1.165, 1.54) is 36.4 Å². The van der Waals surface area contributed by atoms with Gasteiger partial charge in [-0.15, -0.1) is 0 Å². The molecule has 3 rings (SSSR count). The van der Waals surface area contributed by atoms with Gasteiger partial charge in [0.05, 0.1) is 22.4 Å². The Bertz CT molecular complexity index is 1370. The molecule has 0 atom stereocenters. The Labute approximate surface area is 187 Å². The van der Waals surface area contributed by atoms with E-state index in [0.29, 0.717) is 16.9 Å². The summed E-state index contributed by atoms with van der Waals surface area (Å²) in [5.74, 6) is -0.520. The quantitative estimate of drug-likeness (QED) is 0.483. The van der Waals surface area contributed by atoms with Crippen LogP contribution in [0.15, 0.2) is 71.6 Å². The van der Waals surface area contributed by atoms with Gasteiger partial charge >= 0.3 is 0 Å². The van der Waals surface area contributed by atoms with E-state index in [-0.39, 0.29) is 16.1 Å². The molecule has 168 valence electrons. The standard InChI is InChI=1S/C22H23N3O5S2/c1-15-8-9-16(2)21(14-15)32(29,30)25-20-7-5-4-6-19(20)22(26)23-17-10-12-18(13-11-17)24-31(3,27)28/h4-14,24-25H,1-3H3,(H,23,26). The first-order chi connectivity index (χ1) is 14.9. The van der Waals surface area contributed by atoms with Crippen LogP contribution in [0, 0.1) is 13.8 Å². The molecule has 0 unspecified atom stereocenters. The van der Waals surface area contributed by atoms with E-state index in [4.69, 9.17) is 0 Å². The average Bonchev–Trinajstić information content (AvgIpc) is 2.70. The predicted molar refractivity (Wildman–Crippen MR) is 126 cm³/mol. The number of amides is 1. The SMILES string of the molecule is Cc1ccc(C)c(S(=O)(=O)Nc2ccccc2C(=O)Nc2ccc(NS(C)(=O)=O)cc2)c1. The number of aryl methyl sites for hydroxylation is 2. The molecule has 0 aliphatic carbocycles. The molecule has 0 spiro atoms. The highest BCUT2D eigenvalue weighted by molar-refractivity contribution is 7.92. The van der Waals surface area contributed by atoms with Crippen molar-refractivity contribution in [3.63, 3.8) is 0 Å². The highest BCUT2D eigenvalue weighted by Gasteiger charge is 2.20. The molecule has 3 N–H and O–H groups in total. The molecule has 3 aromatic rings. The van der Waals surface area contributed by atoms with Crippen LogP contribution in [0.25, 0.3) is 0 Å². The summed E-state index contributed by atoms with van der Waals surface area (Å²) in [4.78, 5) is 13.0. The van der Waals surface area contributed by atoms with Crippen molar-refractivity contribution < 1.29 is 21.6 Å². The molecule has 0 heterocycles. The smallest absolute Gasteiger partial charge is 0.262 e. The van der Waals surface area contributed by atoms with Crippen LogP contribution >= 0.6 is 0 Å². The maximum atomic E-state index is 13.0. The minimum Gasteiger partial charge on any atom is -0.322 e. The highest BCUT2D eigenvalue weighted by Crippen LogP contribution is 2.24. The second-order valence-corrected chi connectivity index (χ2v) is 10.7. The van der Waals surface area contributed by atoms with Crippen LogP contribution in [0.5, 0.6) is 0 Å². The average molecular weight is 474 g/mol. The van der Waals surface area contributed by atoms with Crippen LogP contribution in [0.3, 0.4) is 0 Å². The molecule has 10 heteroatoms. The van der Waals surface area contributed by atoms with Gasteiger partial charge in [-0.3, -0.25) is 14.2 Å². The van der Waals surface area contributed by atoms with Crippen molar-refractivity contribution in [2.45, 2.75) is 18.7 Å². The van der Waals surface area contributed by atoms with E-state index in [0.717, 1.165) is 11.8 Å². The van der Waals surface area contributed by atoms with Gasteiger partial charge in [-0.25, -0.2) is 16.8 Å². The third kappa shape index (κ3) is 5.86. The summed E-state index contributed by atoms with van der Waals surface area (Å²) in [6.45, 7) is 3.51. The van der Waals surface area contributed by atoms with Crippen LogP contribution in [0.2, 0.25) is 0 Å². The lowest BCUT2D eigenvalue weighted by Crippen LogP contribution is -2.19. The third-order valence-corrected chi connectivity index (χ3v) is 6.61. The van der Waals surface area contributed by atoms with Gasteiger partial charge in [-0.1, -0.05) is 24.3 Å². The van der Waals surface area contributed by atoms with Gasteiger partial charge in [0.25, 0.3) is 15.9 Å². The first-order valence-electron chi connectivity index (χ1n) is 9.53. The summed E-state index contributed by atoms with van der Waals surface area (Å²) >= 11 is 0. The third-order valence-electron chi connectivity index (χ3n) is 4.50. The van der Waals surface area contributed by atoms with Gasteiger partial charge in [0.15, 0.2) is 0 Å². The van der Waals surface area contributed by atoms with E-state index >= 15 is 0 Å². The fraction of sp³-hybridized carbons (Fsp3) is 0.136. The topological polar surface area (TPSA) is 121 Å². The molecule has 0 aliphatic rings. The fourth-order valence-electron chi connectivity index (χ4n) is 3.00. The molecule has 0 fully saturated rings. The Balaban J connectivity index is 1.83. The zero-order valence-corrected chi connectivity index (χ0v) is 19.3. The highest BCUT2D eigenvalue weighted by atomic mass is 32.2. The summed E-state index contributed by atoms with van der Waals surface area (Å²) in [5.41, 5.74) is 2.44. The largest absolute Gasteiger partial charge is 0.322 e. The Kier molecular flexibility index (Phi) is 6.56. The molecule has 32 heavy (non-hydrogen) atoms. The molecule has 0 bridgehead atoms. The number of sulfonamides is 2. The van der Waals surface area contributed by atoms with Gasteiger partial charge in [-0.2, -0.15) is 0 Å². The number of nitrogens with one attached hydrogen (secondary N) is 3. The minimum atomic E-state index is -3.91. The monoisotopic (exact) mass is 473 g/mol. The maximum absolute atomic E-state index is 13.0. The van der Waals surface area contributed by atoms with Crippen molar-refractivity contribution in [1.29, 1.82) is 0 Å². The first kappa shape index (κ1) is 23.3. The van der Waals surface area contributed by atoms with E-state index in [1.54, 1.807) is 38.1 Å². The van der Waals surface area contributed by atoms with Crippen LogP contribution in [-0.2, 0) is 20.0 Å². The van der Waals surface area contributed by atoms with Crippen molar-refractivity contribution >= 4 is 43.0 Å². The van der Waals surface area contributed by atoms with Crippen LogP contribution in [-0.4, -0.2) is 29.0 Å². The van der Waals surface area contributed by atoms with E-state index in [1.807, 2.05) is 6.07 Å². The fourth-order valence-corrected chi connectivity index (χ4v) is 4.98. The van der Waals surface area contributed by atoms with Crippen molar-refractivity contribution in [2.75, 3.05) is 21.0 Å². The Morgan fingerprint density at radius 2 is 1.41 bits per heavy atom. The number of anilines is 3. The number of carbonyl (C=O) groups excluding carboxylic acids is 1. The first-order valence-corrected chi connectivity index (χ1v) is 12.9. The second-order valence-electron chi connectivity index (χ2n) is 7.33. The summed E-state index contributed by atoms with van der Waals surface area (Å²) < 4.78 is 53.4. The normalized spacial score (nSPS) is 11.6. The summed E-state index contributed by atoms with van der Waals surface area (Å²) in [7, 11) is -7.32. The molecule has 0 aromatic heterocycles. The number of carbonyl (C=O) groups is 1. The number of hydrogen-bond donors (Lipinski definition) is 3. The molecule has 3 aromatic carbocycles. The maximum Gasteiger partial charge on any atom is 0.262 e. The molecule has 0 saturated heterocycles. The van der Waals surface area contributed by atoms with Crippen molar-refractivity contribution in [3.8, 4) is 0 Å². The Morgan fingerprint density at radius 3 is 2.06 bits per heavy atom. The summed E-state index contributed by atoms with van der Waals surface area (Å²) in [5, 5.41) is 2.68. The number of benzene rings is 3. The van der Waals surface area contributed by atoms with Crippen LogP contribution < -0.4 is 14.8 Å². The van der Waals surface area contributed by atoms with Gasteiger partial charge < -0.3 is 5.32 Å². The van der Waals surface area contributed by atoms with Gasteiger partial charge in [0.1, 0.15) is 0 Å². The molecular formula is C22H23N3O5S2. The van der Waals surface area contributed by atoms with Crippen molar-refractivity contribution in [3.05, 3.63) is 83.4 Å². The Morgan fingerprint density at radius 1 is 0.781 bits per heavy atom. The van der Waals surface area contributed by atoms with E-state index in [9.17, 15) is 21.6 Å². The van der Waals surface area contributed by atoms with Gasteiger partial charge in [-0.05, 0) is 67.4 Å². The predicted octanol–water partition coefficient (Wildman–Crippen LogP) is 3.73. The zero-order valence-electron chi connectivity index (χ0n) is 17.7. The van der Waals surface area contributed by atoms with Gasteiger partial charge in [0, 0.05) is 11.4 Å². The minimum absolute atomic E-state index is 0.139. The van der Waals surface area contributed by atoms with Crippen LogP contribution in [0.4, 0.5) is 17.1 Å². The number of para-hydroxylation sites is 1. The van der Waals surface area contributed by atoms with Crippen LogP contribution in [0.1, 0.15) is 21.5 Å². The molecule has 0 saturated carbocycles. The van der Waals surface area contributed by atoms with Gasteiger partial charge in [0.2, 0.25) is 10.0 Å². The second kappa shape index (κ2) is 9.01. The molecule has 0 radical (unpaired) electrons. The molecule has 0 aliphatic heterocycles. The summed E-state index contributed by atoms with van der Waals surface area (Å²) in [6, 6.07) is 17.5. The molecular weight excluding hydrogens is 450 g/mol. The van der Waals surface area contributed by atoms with Crippen molar-refractivity contribution in [1.82, 2.24) is 0 Å². The molecule has 1 amide bonds. The number of rotatable bonds is 7. The lowest BCUT2D eigenvalue weighted by molar-refractivity contribution is 0.102. The lowest BCUT2D eigenvalue weighted by Gasteiger charge is -2.14. The van der Waals surface area contributed by atoms with Crippen molar-refractivity contribution in [2.24, 2.45) is 0 Å². The summed E-state index contributed by atoms with van der Waals surface area (Å²) in [6.07, 6.45) is 1.04.